The lowest BCUT2D eigenvalue weighted by Crippen LogP contribution is -2.29. The number of ether oxygens (including phenoxy) is 2. The Bertz CT molecular complexity index is 736. The first-order chi connectivity index (χ1) is 21.3. The molecule has 9 heteroatoms. The maximum atomic E-state index is 12.3. The Balaban J connectivity index is 3.87. The van der Waals surface area contributed by atoms with Crippen molar-refractivity contribution in [1.29, 1.82) is 0 Å². The van der Waals surface area contributed by atoms with Crippen LogP contribution in [0.1, 0.15) is 181 Å². The molecule has 0 rings (SSSR count). The van der Waals surface area contributed by atoms with Crippen LogP contribution in [0.25, 0.3) is 0 Å². The van der Waals surface area contributed by atoms with Gasteiger partial charge in [-0.05, 0) is 38.5 Å². The smallest absolute Gasteiger partial charge is 0.462 e. The van der Waals surface area contributed by atoms with E-state index in [4.69, 9.17) is 19.3 Å². The van der Waals surface area contributed by atoms with E-state index in [1.807, 2.05) is 0 Å². The van der Waals surface area contributed by atoms with Gasteiger partial charge in [0, 0.05) is 12.8 Å². The summed E-state index contributed by atoms with van der Waals surface area (Å²) in [4.78, 5) is 42.4. The predicted octanol–water partition coefficient (Wildman–Crippen LogP) is 10.3. The fraction of sp³-hybridized carbons (Fsp3) is 0.886. The average molecular weight is 647 g/mol. The van der Waals surface area contributed by atoms with Crippen LogP contribution in [0.15, 0.2) is 12.2 Å². The Labute approximate surface area is 269 Å². The van der Waals surface area contributed by atoms with Gasteiger partial charge in [0.2, 0.25) is 0 Å². The van der Waals surface area contributed by atoms with Gasteiger partial charge in [-0.1, -0.05) is 142 Å². The molecule has 0 heterocycles. The molecule has 0 aromatic rings. The van der Waals surface area contributed by atoms with Gasteiger partial charge in [-0.3, -0.25) is 14.1 Å². The lowest BCUT2D eigenvalue weighted by Gasteiger charge is -2.18. The lowest BCUT2D eigenvalue weighted by molar-refractivity contribution is -0.161. The van der Waals surface area contributed by atoms with Crippen molar-refractivity contribution < 1.29 is 37.9 Å². The van der Waals surface area contributed by atoms with Gasteiger partial charge in [0.15, 0.2) is 6.10 Å². The van der Waals surface area contributed by atoms with E-state index in [9.17, 15) is 14.2 Å². The van der Waals surface area contributed by atoms with Crippen LogP contribution in [0.2, 0.25) is 0 Å². The quantitative estimate of drug-likeness (QED) is 0.0313. The molecule has 2 N–H and O–H groups in total. The second-order valence-corrected chi connectivity index (χ2v) is 13.4. The predicted molar refractivity (Wildman–Crippen MR) is 179 cm³/mol. The summed E-state index contributed by atoms with van der Waals surface area (Å²) in [5, 5.41) is 0. The highest BCUT2D eigenvalue weighted by Gasteiger charge is 2.22. The molecule has 1 atom stereocenters. The zero-order valence-corrected chi connectivity index (χ0v) is 29.2. The van der Waals surface area contributed by atoms with E-state index in [0.717, 1.165) is 44.9 Å². The zero-order valence-electron chi connectivity index (χ0n) is 28.3. The van der Waals surface area contributed by atoms with Crippen LogP contribution in [-0.2, 0) is 28.2 Å². The van der Waals surface area contributed by atoms with Crippen LogP contribution in [0.3, 0.4) is 0 Å². The van der Waals surface area contributed by atoms with E-state index >= 15 is 0 Å². The molecule has 0 radical (unpaired) electrons. The second-order valence-electron chi connectivity index (χ2n) is 12.2. The average Bonchev–Trinajstić information content (AvgIpc) is 2.98. The van der Waals surface area contributed by atoms with E-state index in [2.05, 4.69) is 30.5 Å². The molecule has 0 saturated carbocycles. The third-order valence-corrected chi connectivity index (χ3v) is 8.27. The largest absolute Gasteiger partial charge is 0.469 e. The number of hydrogen-bond acceptors (Lipinski definition) is 6. The molecule has 0 aliphatic heterocycles. The minimum Gasteiger partial charge on any atom is -0.462 e. The molecule has 0 aromatic carbocycles. The van der Waals surface area contributed by atoms with Gasteiger partial charge >= 0.3 is 19.8 Å². The SMILES string of the molecule is CCCCCCCC/C=C/CCCCCCCCCCCC(=O)O[C@H](COC(=O)CCCCCCCCC)COP(=O)(O)O. The van der Waals surface area contributed by atoms with E-state index < -0.39 is 32.5 Å². The maximum Gasteiger partial charge on any atom is 0.469 e. The Hall–Kier alpha value is -1.21. The van der Waals surface area contributed by atoms with Crippen molar-refractivity contribution in [2.45, 2.75) is 187 Å². The normalized spacial score (nSPS) is 12.5. The molecular weight excluding hydrogens is 579 g/mol. The first-order valence-corrected chi connectivity index (χ1v) is 19.5. The van der Waals surface area contributed by atoms with E-state index in [0.29, 0.717) is 6.42 Å². The van der Waals surface area contributed by atoms with Crippen LogP contribution < -0.4 is 0 Å². The molecule has 0 aliphatic rings. The summed E-state index contributed by atoms with van der Waals surface area (Å²) in [6, 6.07) is 0. The summed E-state index contributed by atoms with van der Waals surface area (Å²) in [6.45, 7) is 3.62. The highest BCUT2D eigenvalue weighted by atomic mass is 31.2. The summed E-state index contributed by atoms with van der Waals surface area (Å²) >= 11 is 0. The summed E-state index contributed by atoms with van der Waals surface area (Å²) in [5.41, 5.74) is 0. The lowest BCUT2D eigenvalue weighted by atomic mass is 10.1. The summed E-state index contributed by atoms with van der Waals surface area (Å²) in [5.74, 6) is -0.889. The highest BCUT2D eigenvalue weighted by molar-refractivity contribution is 7.46. The third-order valence-electron chi connectivity index (χ3n) is 7.78. The first kappa shape index (κ1) is 42.8. The van der Waals surface area contributed by atoms with Crippen LogP contribution in [0, 0.1) is 0 Å². The van der Waals surface area contributed by atoms with E-state index in [1.165, 1.54) is 103 Å². The van der Waals surface area contributed by atoms with E-state index in [1.54, 1.807) is 0 Å². The van der Waals surface area contributed by atoms with Crippen LogP contribution >= 0.6 is 7.82 Å². The number of hydrogen-bond donors (Lipinski definition) is 2. The summed E-state index contributed by atoms with van der Waals surface area (Å²) in [7, 11) is -4.74. The van der Waals surface area contributed by atoms with Crippen LogP contribution in [0.5, 0.6) is 0 Å². The highest BCUT2D eigenvalue weighted by Crippen LogP contribution is 2.36. The van der Waals surface area contributed by atoms with Gasteiger partial charge in [-0.25, -0.2) is 4.57 Å². The minimum atomic E-state index is -4.74. The van der Waals surface area contributed by atoms with Crippen molar-refractivity contribution in [3.05, 3.63) is 12.2 Å². The molecule has 0 amide bonds. The van der Waals surface area contributed by atoms with Crippen molar-refractivity contribution in [2.24, 2.45) is 0 Å². The number of phosphoric acid groups is 1. The molecule has 0 unspecified atom stereocenters. The molecular formula is C35H67O8P. The number of unbranched alkanes of at least 4 members (excludes halogenated alkanes) is 21. The molecule has 0 fully saturated rings. The van der Waals surface area contributed by atoms with Crippen LogP contribution in [-0.4, -0.2) is 41.0 Å². The second kappa shape index (κ2) is 31.8. The van der Waals surface area contributed by atoms with Gasteiger partial charge in [0.05, 0.1) is 6.61 Å². The number of esters is 2. The van der Waals surface area contributed by atoms with Gasteiger partial charge < -0.3 is 19.3 Å². The number of allylic oxidation sites excluding steroid dienone is 2. The van der Waals surface area contributed by atoms with Gasteiger partial charge in [-0.15, -0.1) is 0 Å². The molecule has 0 saturated heterocycles. The Morgan fingerprint density at radius 2 is 0.955 bits per heavy atom. The summed E-state index contributed by atoms with van der Waals surface area (Å²) < 4.78 is 26.2. The van der Waals surface area contributed by atoms with Crippen molar-refractivity contribution in [3.8, 4) is 0 Å². The van der Waals surface area contributed by atoms with Crippen LogP contribution in [0.4, 0.5) is 0 Å². The summed E-state index contributed by atoms with van der Waals surface area (Å²) in [6.07, 6.45) is 32.4. The molecule has 0 aromatic heterocycles. The number of phosphoric ester groups is 1. The molecule has 44 heavy (non-hydrogen) atoms. The molecule has 0 spiro atoms. The number of carbonyl (C=O) groups excluding carboxylic acids is 2. The van der Waals surface area contributed by atoms with Gasteiger partial charge in [0.25, 0.3) is 0 Å². The topological polar surface area (TPSA) is 119 Å². The van der Waals surface area contributed by atoms with Crippen molar-refractivity contribution >= 4 is 19.8 Å². The molecule has 8 nitrogen and oxygen atoms in total. The maximum absolute atomic E-state index is 12.3. The Kier molecular flexibility index (Phi) is 30.9. The standard InChI is InChI=1S/C35H67O8P/c1-3-5-7-9-11-12-13-14-15-16-17-18-19-20-21-22-24-26-28-30-35(37)43-33(32-42-44(38,39)40)31-41-34(36)29-27-25-23-10-8-6-4-2/h14-15,33H,3-13,16-32H2,1-2H3,(H2,38,39,40)/b15-14+/t33-/m1/s1. The van der Waals surface area contributed by atoms with Crippen molar-refractivity contribution in [2.75, 3.05) is 13.2 Å². The van der Waals surface area contributed by atoms with Gasteiger partial charge in [0.1, 0.15) is 6.61 Å². The number of rotatable bonds is 33. The first-order valence-electron chi connectivity index (χ1n) is 18.0. The number of carbonyl (C=O) groups is 2. The minimum absolute atomic E-state index is 0.213. The zero-order chi connectivity index (χ0) is 32.6. The molecule has 260 valence electrons. The Morgan fingerprint density at radius 3 is 1.39 bits per heavy atom. The monoisotopic (exact) mass is 646 g/mol. The van der Waals surface area contributed by atoms with Gasteiger partial charge in [-0.2, -0.15) is 0 Å². The Morgan fingerprint density at radius 1 is 0.568 bits per heavy atom. The third kappa shape index (κ3) is 33.7. The van der Waals surface area contributed by atoms with E-state index in [-0.39, 0.29) is 19.4 Å². The fourth-order valence-electron chi connectivity index (χ4n) is 5.07. The van der Waals surface area contributed by atoms with Crippen molar-refractivity contribution in [1.82, 2.24) is 0 Å². The van der Waals surface area contributed by atoms with Crippen molar-refractivity contribution in [3.63, 3.8) is 0 Å². The molecule has 0 aliphatic carbocycles. The fourth-order valence-corrected chi connectivity index (χ4v) is 5.43. The molecule has 0 bridgehead atoms.